The largest absolute Gasteiger partial charge is 0.493 e. The highest BCUT2D eigenvalue weighted by Crippen LogP contribution is 2.39. The molecule has 0 aliphatic heterocycles. The second kappa shape index (κ2) is 8.06. The van der Waals surface area contributed by atoms with Crippen molar-refractivity contribution in [3.05, 3.63) is 17.7 Å². The average molecular weight is 322 g/mol. The molecule has 0 atom stereocenters. The minimum atomic E-state index is -0.172. The van der Waals surface area contributed by atoms with E-state index in [0.29, 0.717) is 35.4 Å². The lowest BCUT2D eigenvalue weighted by Crippen LogP contribution is -2.36. The van der Waals surface area contributed by atoms with Gasteiger partial charge in [-0.3, -0.25) is 9.69 Å². The number of benzene rings is 1. The van der Waals surface area contributed by atoms with E-state index >= 15 is 0 Å². The highest BCUT2D eigenvalue weighted by Gasteiger charge is 2.27. The van der Waals surface area contributed by atoms with Gasteiger partial charge in [-0.15, -0.1) is 0 Å². The lowest BCUT2D eigenvalue weighted by Gasteiger charge is -2.20. The van der Waals surface area contributed by atoms with Crippen molar-refractivity contribution in [1.29, 1.82) is 0 Å². The van der Waals surface area contributed by atoms with Crippen molar-refractivity contribution in [2.45, 2.75) is 25.8 Å². The number of nitrogens with zero attached hydrogens (tertiary/aromatic N) is 1. The number of carbonyl (C=O) groups excluding carboxylic acids is 1. The second-order valence-corrected chi connectivity index (χ2v) is 5.50. The molecule has 0 spiro atoms. The zero-order valence-electron chi connectivity index (χ0n) is 14.3. The van der Waals surface area contributed by atoms with Crippen LogP contribution in [0.15, 0.2) is 12.1 Å². The Balaban J connectivity index is 2.03. The van der Waals surface area contributed by atoms with E-state index in [4.69, 9.17) is 14.2 Å². The van der Waals surface area contributed by atoms with E-state index in [1.54, 1.807) is 19.2 Å². The number of methoxy groups -OCH3 is 3. The first-order valence-electron chi connectivity index (χ1n) is 7.97. The van der Waals surface area contributed by atoms with Gasteiger partial charge in [0.25, 0.3) is 5.91 Å². The van der Waals surface area contributed by atoms with E-state index in [9.17, 15) is 4.79 Å². The average Bonchev–Trinajstić information content (AvgIpc) is 3.41. The van der Waals surface area contributed by atoms with Gasteiger partial charge < -0.3 is 19.5 Å². The Kier molecular flexibility index (Phi) is 6.10. The maximum Gasteiger partial charge on any atom is 0.255 e. The summed E-state index contributed by atoms with van der Waals surface area (Å²) in [5.41, 5.74) is 0.444. The third-order valence-electron chi connectivity index (χ3n) is 4.10. The van der Waals surface area contributed by atoms with Gasteiger partial charge in [-0.05, 0) is 31.5 Å². The van der Waals surface area contributed by atoms with Gasteiger partial charge in [-0.25, -0.2) is 0 Å². The Bertz CT molecular complexity index is 544. The van der Waals surface area contributed by atoms with Crippen LogP contribution in [-0.4, -0.2) is 57.8 Å². The lowest BCUT2D eigenvalue weighted by atomic mass is 10.1. The number of nitrogens with one attached hydrogen (secondary N) is 1. The molecule has 2 rings (SSSR count). The van der Waals surface area contributed by atoms with Crippen molar-refractivity contribution in [2.24, 2.45) is 0 Å². The fourth-order valence-corrected chi connectivity index (χ4v) is 2.73. The Morgan fingerprint density at radius 2 is 1.87 bits per heavy atom. The van der Waals surface area contributed by atoms with Crippen LogP contribution in [-0.2, 0) is 0 Å². The third-order valence-corrected chi connectivity index (χ3v) is 4.10. The monoisotopic (exact) mass is 322 g/mol. The Morgan fingerprint density at radius 1 is 1.17 bits per heavy atom. The van der Waals surface area contributed by atoms with E-state index in [1.807, 2.05) is 0 Å². The molecule has 128 valence electrons. The van der Waals surface area contributed by atoms with Gasteiger partial charge in [0, 0.05) is 19.1 Å². The number of carbonyl (C=O) groups is 1. The van der Waals surface area contributed by atoms with Crippen LogP contribution in [0.4, 0.5) is 0 Å². The molecule has 6 heteroatoms. The van der Waals surface area contributed by atoms with E-state index in [-0.39, 0.29) is 5.91 Å². The van der Waals surface area contributed by atoms with Gasteiger partial charge in [-0.1, -0.05) is 6.92 Å². The molecule has 1 aromatic carbocycles. The van der Waals surface area contributed by atoms with Crippen LogP contribution in [0.1, 0.15) is 30.1 Å². The Morgan fingerprint density at radius 3 is 2.39 bits per heavy atom. The maximum atomic E-state index is 12.4. The van der Waals surface area contributed by atoms with E-state index in [2.05, 4.69) is 17.1 Å². The molecule has 1 aliphatic carbocycles. The van der Waals surface area contributed by atoms with E-state index in [1.165, 1.54) is 27.1 Å². The molecule has 1 aliphatic rings. The van der Waals surface area contributed by atoms with Crippen LogP contribution in [0.2, 0.25) is 0 Å². The van der Waals surface area contributed by atoms with Gasteiger partial charge in [0.1, 0.15) is 0 Å². The summed E-state index contributed by atoms with van der Waals surface area (Å²) in [5, 5.41) is 2.95. The molecule has 1 amide bonds. The zero-order chi connectivity index (χ0) is 16.8. The summed E-state index contributed by atoms with van der Waals surface area (Å²) in [6.45, 7) is 4.64. The second-order valence-electron chi connectivity index (χ2n) is 5.50. The molecule has 0 radical (unpaired) electrons. The minimum Gasteiger partial charge on any atom is -0.493 e. The van der Waals surface area contributed by atoms with Crippen molar-refractivity contribution in [3.63, 3.8) is 0 Å². The zero-order valence-corrected chi connectivity index (χ0v) is 14.3. The van der Waals surface area contributed by atoms with Crippen molar-refractivity contribution >= 4 is 5.91 Å². The fourth-order valence-electron chi connectivity index (χ4n) is 2.73. The smallest absolute Gasteiger partial charge is 0.255 e. The van der Waals surface area contributed by atoms with Gasteiger partial charge in [-0.2, -0.15) is 0 Å². The van der Waals surface area contributed by atoms with E-state index in [0.717, 1.165) is 13.1 Å². The summed E-state index contributed by atoms with van der Waals surface area (Å²) in [6, 6.07) is 4.10. The first-order chi connectivity index (χ1) is 11.2. The van der Waals surface area contributed by atoms with Crippen molar-refractivity contribution in [2.75, 3.05) is 41.0 Å². The Hall–Kier alpha value is -1.95. The SMILES string of the molecule is CCN(CCNC(=O)c1ccc(OC)c(OC)c1OC)C1CC1. The fraction of sp³-hybridized carbons (Fsp3) is 0.588. The molecule has 0 aromatic heterocycles. The predicted molar refractivity (Wildman–Crippen MR) is 88.7 cm³/mol. The predicted octanol–water partition coefficient (Wildman–Crippen LogP) is 1.93. The van der Waals surface area contributed by atoms with Crippen LogP contribution >= 0.6 is 0 Å². The lowest BCUT2D eigenvalue weighted by molar-refractivity contribution is 0.0944. The van der Waals surface area contributed by atoms with Crippen LogP contribution in [0.25, 0.3) is 0 Å². The summed E-state index contributed by atoms with van der Waals surface area (Å²) in [7, 11) is 4.59. The third kappa shape index (κ3) is 4.07. The highest BCUT2D eigenvalue weighted by molar-refractivity contribution is 5.98. The normalized spacial score (nSPS) is 13.8. The van der Waals surface area contributed by atoms with Gasteiger partial charge in [0.05, 0.1) is 26.9 Å². The molecule has 0 heterocycles. The summed E-state index contributed by atoms with van der Waals surface area (Å²) in [5.74, 6) is 1.18. The molecule has 0 unspecified atom stereocenters. The molecule has 0 bridgehead atoms. The number of hydrogen-bond acceptors (Lipinski definition) is 5. The molecule has 1 aromatic rings. The van der Waals surface area contributed by atoms with Gasteiger partial charge >= 0.3 is 0 Å². The quantitative estimate of drug-likeness (QED) is 0.753. The van der Waals surface area contributed by atoms with E-state index < -0.39 is 0 Å². The highest BCUT2D eigenvalue weighted by atomic mass is 16.5. The number of rotatable bonds is 9. The van der Waals surface area contributed by atoms with Crippen LogP contribution in [0.3, 0.4) is 0 Å². The topological polar surface area (TPSA) is 60.0 Å². The summed E-state index contributed by atoms with van der Waals surface area (Å²) < 4.78 is 15.9. The van der Waals surface area contributed by atoms with Crippen LogP contribution < -0.4 is 19.5 Å². The number of ether oxygens (including phenoxy) is 3. The molecule has 0 saturated heterocycles. The number of amides is 1. The standard InChI is InChI=1S/C17H26N2O4/c1-5-19(12-6-7-12)11-10-18-17(20)13-8-9-14(21-2)16(23-4)15(13)22-3/h8-9,12H,5-7,10-11H2,1-4H3,(H,18,20). The minimum absolute atomic E-state index is 0.172. The molecular formula is C17H26N2O4. The number of hydrogen-bond donors (Lipinski definition) is 1. The molecule has 6 nitrogen and oxygen atoms in total. The van der Waals surface area contributed by atoms with Crippen LogP contribution in [0, 0.1) is 0 Å². The molecular weight excluding hydrogens is 296 g/mol. The maximum absolute atomic E-state index is 12.4. The molecule has 1 N–H and O–H groups in total. The first-order valence-corrected chi connectivity index (χ1v) is 7.97. The van der Waals surface area contributed by atoms with Crippen molar-refractivity contribution < 1.29 is 19.0 Å². The molecule has 1 fully saturated rings. The number of likely N-dealkylation sites (N-methyl/N-ethyl adjacent to an activating group) is 1. The summed E-state index contributed by atoms with van der Waals surface area (Å²) in [4.78, 5) is 14.8. The molecule has 1 saturated carbocycles. The first kappa shape index (κ1) is 17.4. The van der Waals surface area contributed by atoms with Crippen molar-refractivity contribution in [1.82, 2.24) is 10.2 Å². The van der Waals surface area contributed by atoms with Gasteiger partial charge in [0.15, 0.2) is 11.5 Å². The van der Waals surface area contributed by atoms with Crippen molar-refractivity contribution in [3.8, 4) is 17.2 Å². The Labute approximate surface area is 137 Å². The summed E-state index contributed by atoms with van der Waals surface area (Å²) in [6.07, 6.45) is 2.54. The summed E-state index contributed by atoms with van der Waals surface area (Å²) >= 11 is 0. The molecule has 23 heavy (non-hydrogen) atoms. The van der Waals surface area contributed by atoms with Crippen LogP contribution in [0.5, 0.6) is 17.2 Å². The van der Waals surface area contributed by atoms with Gasteiger partial charge in [0.2, 0.25) is 5.75 Å².